The molecule has 0 N–H and O–H groups in total. The normalized spacial score (nSPS) is 20.5. The quantitative estimate of drug-likeness (QED) is 0.794. The molecular formula is C15H22O2. The van der Waals surface area contributed by atoms with Gasteiger partial charge in [-0.2, -0.15) is 0 Å². The molecule has 94 valence electrons. The fourth-order valence-corrected chi connectivity index (χ4v) is 2.17. The number of benzene rings is 1. The third kappa shape index (κ3) is 4.04. The van der Waals surface area contributed by atoms with Crippen LogP contribution in [-0.4, -0.2) is 19.3 Å². The molecule has 0 spiro atoms. The standard InChI is InChI=1S/C15H22O2/c1-12(2)10-13-5-7-14(8-6-13)17-15-4-3-9-16-11-15/h5-8,12,15H,3-4,9-11H2,1-2H3. The van der Waals surface area contributed by atoms with Gasteiger partial charge in [0.15, 0.2) is 0 Å². The molecule has 1 fully saturated rings. The first-order valence-corrected chi connectivity index (χ1v) is 6.57. The van der Waals surface area contributed by atoms with E-state index in [0.29, 0.717) is 5.92 Å². The maximum absolute atomic E-state index is 5.89. The van der Waals surface area contributed by atoms with Crippen molar-refractivity contribution in [2.75, 3.05) is 13.2 Å². The Hall–Kier alpha value is -1.02. The van der Waals surface area contributed by atoms with Crippen LogP contribution in [0.2, 0.25) is 0 Å². The number of hydrogen-bond acceptors (Lipinski definition) is 2. The monoisotopic (exact) mass is 234 g/mol. The largest absolute Gasteiger partial charge is 0.488 e. The third-order valence-electron chi connectivity index (χ3n) is 2.99. The topological polar surface area (TPSA) is 18.5 Å². The Balaban J connectivity index is 1.88. The Morgan fingerprint density at radius 3 is 2.65 bits per heavy atom. The summed E-state index contributed by atoms with van der Waals surface area (Å²) in [5.41, 5.74) is 1.38. The van der Waals surface area contributed by atoms with Gasteiger partial charge < -0.3 is 9.47 Å². The van der Waals surface area contributed by atoms with E-state index in [1.54, 1.807) is 0 Å². The van der Waals surface area contributed by atoms with Crippen molar-refractivity contribution in [2.24, 2.45) is 5.92 Å². The molecule has 0 bridgehead atoms. The molecule has 1 aromatic carbocycles. The molecule has 1 aromatic rings. The smallest absolute Gasteiger partial charge is 0.122 e. The molecular weight excluding hydrogens is 212 g/mol. The van der Waals surface area contributed by atoms with Crippen LogP contribution in [0.25, 0.3) is 0 Å². The lowest BCUT2D eigenvalue weighted by Gasteiger charge is -2.23. The first-order chi connectivity index (χ1) is 8.24. The minimum atomic E-state index is 0.236. The van der Waals surface area contributed by atoms with Gasteiger partial charge in [-0.3, -0.25) is 0 Å². The summed E-state index contributed by atoms with van der Waals surface area (Å²) in [5, 5.41) is 0. The first-order valence-electron chi connectivity index (χ1n) is 6.57. The summed E-state index contributed by atoms with van der Waals surface area (Å²) in [6, 6.07) is 8.48. The summed E-state index contributed by atoms with van der Waals surface area (Å²) in [7, 11) is 0. The lowest BCUT2D eigenvalue weighted by Crippen LogP contribution is -2.27. The molecule has 0 saturated carbocycles. The van der Waals surface area contributed by atoms with Gasteiger partial charge in [-0.15, -0.1) is 0 Å². The predicted octanol–water partition coefficient (Wildman–Crippen LogP) is 3.44. The Bertz CT molecular complexity index is 323. The van der Waals surface area contributed by atoms with Crippen LogP contribution in [0.1, 0.15) is 32.3 Å². The van der Waals surface area contributed by atoms with E-state index in [4.69, 9.17) is 9.47 Å². The number of rotatable bonds is 4. The lowest BCUT2D eigenvalue weighted by atomic mass is 10.0. The van der Waals surface area contributed by atoms with Crippen LogP contribution in [0, 0.1) is 5.92 Å². The molecule has 2 rings (SSSR count). The summed E-state index contributed by atoms with van der Waals surface area (Å²) in [5.74, 6) is 1.67. The fourth-order valence-electron chi connectivity index (χ4n) is 2.17. The minimum absolute atomic E-state index is 0.236. The molecule has 1 aliphatic rings. The van der Waals surface area contributed by atoms with E-state index in [1.165, 1.54) is 5.56 Å². The van der Waals surface area contributed by atoms with Crippen LogP contribution >= 0.6 is 0 Å². The van der Waals surface area contributed by atoms with Crippen LogP contribution in [0.15, 0.2) is 24.3 Å². The summed E-state index contributed by atoms with van der Waals surface area (Å²) in [6.45, 7) is 6.09. The van der Waals surface area contributed by atoms with Gasteiger partial charge in [0.2, 0.25) is 0 Å². The van der Waals surface area contributed by atoms with Crippen molar-refractivity contribution in [1.29, 1.82) is 0 Å². The first kappa shape index (κ1) is 12.4. The second kappa shape index (κ2) is 6.06. The average molecular weight is 234 g/mol. The Labute approximate surface area is 104 Å². The van der Waals surface area contributed by atoms with Crippen molar-refractivity contribution in [3.8, 4) is 5.75 Å². The molecule has 17 heavy (non-hydrogen) atoms. The summed E-state index contributed by atoms with van der Waals surface area (Å²) in [6.07, 6.45) is 3.58. The zero-order valence-corrected chi connectivity index (χ0v) is 10.8. The van der Waals surface area contributed by atoms with E-state index >= 15 is 0 Å². The van der Waals surface area contributed by atoms with Gasteiger partial charge in [-0.1, -0.05) is 26.0 Å². The summed E-state index contributed by atoms with van der Waals surface area (Å²) >= 11 is 0. The second-order valence-corrected chi connectivity index (χ2v) is 5.20. The Morgan fingerprint density at radius 1 is 1.29 bits per heavy atom. The lowest BCUT2D eigenvalue weighted by molar-refractivity contribution is 0.00742. The Morgan fingerprint density at radius 2 is 2.06 bits per heavy atom. The maximum atomic E-state index is 5.89. The van der Waals surface area contributed by atoms with Crippen molar-refractivity contribution in [3.63, 3.8) is 0 Å². The van der Waals surface area contributed by atoms with E-state index in [0.717, 1.165) is 38.2 Å². The highest BCUT2D eigenvalue weighted by atomic mass is 16.5. The highest BCUT2D eigenvalue weighted by molar-refractivity contribution is 5.27. The molecule has 0 amide bonds. The summed E-state index contributed by atoms with van der Waals surface area (Å²) < 4.78 is 11.3. The van der Waals surface area contributed by atoms with Crippen molar-refractivity contribution < 1.29 is 9.47 Å². The molecule has 1 unspecified atom stereocenters. The van der Waals surface area contributed by atoms with E-state index in [2.05, 4.69) is 38.1 Å². The van der Waals surface area contributed by atoms with Gasteiger partial charge in [-0.05, 0) is 42.9 Å². The van der Waals surface area contributed by atoms with Crippen LogP contribution in [0.3, 0.4) is 0 Å². The van der Waals surface area contributed by atoms with Crippen molar-refractivity contribution >= 4 is 0 Å². The maximum Gasteiger partial charge on any atom is 0.122 e. The van der Waals surface area contributed by atoms with Crippen LogP contribution in [0.4, 0.5) is 0 Å². The predicted molar refractivity (Wildman–Crippen MR) is 69.5 cm³/mol. The molecule has 1 atom stereocenters. The Kier molecular flexibility index (Phi) is 4.43. The highest BCUT2D eigenvalue weighted by Gasteiger charge is 2.15. The van der Waals surface area contributed by atoms with Crippen LogP contribution in [0.5, 0.6) is 5.75 Å². The number of ether oxygens (including phenoxy) is 2. The van der Waals surface area contributed by atoms with Gasteiger partial charge in [-0.25, -0.2) is 0 Å². The SMILES string of the molecule is CC(C)Cc1ccc(OC2CCCOC2)cc1. The highest BCUT2D eigenvalue weighted by Crippen LogP contribution is 2.19. The van der Waals surface area contributed by atoms with Crippen molar-refractivity contribution in [1.82, 2.24) is 0 Å². The minimum Gasteiger partial charge on any atom is -0.488 e. The van der Waals surface area contributed by atoms with Gasteiger partial charge in [0.25, 0.3) is 0 Å². The molecule has 2 nitrogen and oxygen atoms in total. The zero-order chi connectivity index (χ0) is 12.1. The molecule has 0 aromatic heterocycles. The second-order valence-electron chi connectivity index (χ2n) is 5.20. The number of hydrogen-bond donors (Lipinski definition) is 0. The van der Waals surface area contributed by atoms with Crippen LogP contribution < -0.4 is 4.74 Å². The van der Waals surface area contributed by atoms with E-state index < -0.39 is 0 Å². The third-order valence-corrected chi connectivity index (χ3v) is 2.99. The molecule has 1 aliphatic heterocycles. The molecule has 0 aliphatic carbocycles. The molecule has 1 saturated heterocycles. The van der Waals surface area contributed by atoms with Crippen molar-refractivity contribution in [3.05, 3.63) is 29.8 Å². The summed E-state index contributed by atoms with van der Waals surface area (Å²) in [4.78, 5) is 0. The van der Waals surface area contributed by atoms with Gasteiger partial charge in [0, 0.05) is 6.61 Å². The van der Waals surface area contributed by atoms with Gasteiger partial charge in [0.05, 0.1) is 6.61 Å². The van der Waals surface area contributed by atoms with Gasteiger partial charge >= 0.3 is 0 Å². The molecule has 2 heteroatoms. The van der Waals surface area contributed by atoms with E-state index in [-0.39, 0.29) is 6.10 Å². The van der Waals surface area contributed by atoms with E-state index in [9.17, 15) is 0 Å². The zero-order valence-electron chi connectivity index (χ0n) is 10.8. The van der Waals surface area contributed by atoms with E-state index in [1.807, 2.05) is 0 Å². The average Bonchev–Trinajstić information content (AvgIpc) is 2.32. The molecule has 1 heterocycles. The van der Waals surface area contributed by atoms with Gasteiger partial charge in [0.1, 0.15) is 11.9 Å². The molecule has 0 radical (unpaired) electrons. The van der Waals surface area contributed by atoms with Crippen molar-refractivity contribution in [2.45, 2.75) is 39.2 Å². The fraction of sp³-hybridized carbons (Fsp3) is 0.600. The van der Waals surface area contributed by atoms with Crippen LogP contribution in [-0.2, 0) is 11.2 Å².